The fourth-order valence-electron chi connectivity index (χ4n) is 1.99. The maximum absolute atomic E-state index is 11.8. The maximum atomic E-state index is 11.8. The first kappa shape index (κ1) is 17.4. The Morgan fingerprint density at radius 2 is 2.04 bits per heavy atom. The van der Waals surface area contributed by atoms with Crippen molar-refractivity contribution in [3.05, 3.63) is 52.9 Å². The Balaban J connectivity index is 2.28. The SMILES string of the molecule is CC(=O)N(Cc1ccco1)Cc1cc(Cl)ccc1OS(C)(=O)=O. The fourth-order valence-corrected chi connectivity index (χ4v) is 2.67. The van der Waals surface area contributed by atoms with Crippen LogP contribution in [0.3, 0.4) is 0 Å². The largest absolute Gasteiger partial charge is 0.467 e. The number of carbonyl (C=O) groups is 1. The van der Waals surface area contributed by atoms with Gasteiger partial charge >= 0.3 is 10.1 Å². The summed E-state index contributed by atoms with van der Waals surface area (Å²) in [5.74, 6) is 0.571. The minimum atomic E-state index is -3.68. The molecule has 0 aliphatic heterocycles. The van der Waals surface area contributed by atoms with Crippen molar-refractivity contribution < 1.29 is 21.8 Å². The van der Waals surface area contributed by atoms with E-state index in [-0.39, 0.29) is 24.7 Å². The molecule has 6 nitrogen and oxygen atoms in total. The van der Waals surface area contributed by atoms with Crippen LogP contribution in [0.5, 0.6) is 5.75 Å². The van der Waals surface area contributed by atoms with Crippen molar-refractivity contribution in [2.75, 3.05) is 6.26 Å². The van der Waals surface area contributed by atoms with E-state index in [1.54, 1.807) is 18.2 Å². The highest BCUT2D eigenvalue weighted by Crippen LogP contribution is 2.26. The Hall–Kier alpha value is -1.99. The lowest BCUT2D eigenvalue weighted by Crippen LogP contribution is -2.27. The number of carbonyl (C=O) groups excluding carboxylic acids is 1. The molecular weight excluding hydrogens is 342 g/mol. The number of furan rings is 1. The molecule has 0 saturated heterocycles. The quantitative estimate of drug-likeness (QED) is 0.743. The predicted molar refractivity (Wildman–Crippen MR) is 85.6 cm³/mol. The third-order valence-corrected chi connectivity index (χ3v) is 3.71. The lowest BCUT2D eigenvalue weighted by molar-refractivity contribution is -0.130. The van der Waals surface area contributed by atoms with E-state index in [2.05, 4.69) is 0 Å². The van der Waals surface area contributed by atoms with E-state index >= 15 is 0 Å². The second kappa shape index (κ2) is 7.06. The summed E-state index contributed by atoms with van der Waals surface area (Å²) in [5.41, 5.74) is 0.490. The van der Waals surface area contributed by atoms with Gasteiger partial charge in [-0.05, 0) is 30.3 Å². The van der Waals surface area contributed by atoms with Crippen molar-refractivity contribution in [1.29, 1.82) is 0 Å². The summed E-state index contributed by atoms with van der Waals surface area (Å²) in [6, 6.07) is 8.04. The van der Waals surface area contributed by atoms with Crippen molar-refractivity contribution in [3.63, 3.8) is 0 Å². The number of amides is 1. The average Bonchev–Trinajstić information content (AvgIpc) is 2.92. The summed E-state index contributed by atoms with van der Waals surface area (Å²) in [4.78, 5) is 13.3. The number of hydrogen-bond acceptors (Lipinski definition) is 5. The molecule has 0 unspecified atom stereocenters. The molecule has 2 aromatic rings. The number of hydrogen-bond donors (Lipinski definition) is 0. The van der Waals surface area contributed by atoms with E-state index in [1.807, 2.05) is 0 Å². The zero-order valence-corrected chi connectivity index (χ0v) is 14.2. The molecule has 0 spiro atoms. The predicted octanol–water partition coefficient (Wildman–Crippen LogP) is 2.82. The van der Waals surface area contributed by atoms with Gasteiger partial charge in [0, 0.05) is 24.1 Å². The smallest absolute Gasteiger partial charge is 0.306 e. The van der Waals surface area contributed by atoms with Gasteiger partial charge in [0.2, 0.25) is 5.91 Å². The topological polar surface area (TPSA) is 76.8 Å². The summed E-state index contributed by atoms with van der Waals surface area (Å²) in [5, 5.41) is 0.419. The molecule has 124 valence electrons. The first-order valence-corrected chi connectivity index (χ1v) is 8.90. The van der Waals surface area contributed by atoms with Crippen LogP contribution in [-0.4, -0.2) is 25.5 Å². The van der Waals surface area contributed by atoms with Gasteiger partial charge in [-0.15, -0.1) is 0 Å². The summed E-state index contributed by atoms with van der Waals surface area (Å²) in [7, 11) is -3.68. The normalized spacial score (nSPS) is 11.3. The van der Waals surface area contributed by atoms with Crippen molar-refractivity contribution in [2.24, 2.45) is 0 Å². The number of rotatable bonds is 6. The lowest BCUT2D eigenvalue weighted by atomic mass is 10.2. The molecule has 0 aliphatic rings. The Labute approximate surface area is 139 Å². The van der Waals surface area contributed by atoms with Crippen LogP contribution < -0.4 is 4.18 Å². The Morgan fingerprint density at radius 3 is 2.61 bits per heavy atom. The molecule has 1 aromatic heterocycles. The minimum absolute atomic E-state index is 0.140. The number of nitrogens with zero attached hydrogens (tertiary/aromatic N) is 1. The van der Waals surface area contributed by atoms with E-state index < -0.39 is 10.1 Å². The van der Waals surface area contributed by atoms with Gasteiger partial charge in [-0.2, -0.15) is 8.42 Å². The molecule has 0 atom stereocenters. The van der Waals surface area contributed by atoms with Gasteiger partial charge in [-0.25, -0.2) is 0 Å². The lowest BCUT2D eigenvalue weighted by Gasteiger charge is -2.21. The molecule has 0 radical (unpaired) electrons. The van der Waals surface area contributed by atoms with Gasteiger partial charge in [0.25, 0.3) is 0 Å². The van der Waals surface area contributed by atoms with Crippen LogP contribution in [0.1, 0.15) is 18.2 Å². The Kier molecular flexibility index (Phi) is 5.33. The second-order valence-corrected chi connectivity index (χ2v) is 7.01. The third-order valence-electron chi connectivity index (χ3n) is 3.00. The molecule has 1 heterocycles. The molecule has 8 heteroatoms. The molecular formula is C15H16ClNO5S. The maximum Gasteiger partial charge on any atom is 0.306 e. The monoisotopic (exact) mass is 357 g/mol. The fraction of sp³-hybridized carbons (Fsp3) is 0.267. The first-order valence-electron chi connectivity index (χ1n) is 6.70. The van der Waals surface area contributed by atoms with Gasteiger partial charge in [-0.1, -0.05) is 11.6 Å². The Bertz CT molecular complexity index is 786. The molecule has 1 aromatic carbocycles. The van der Waals surface area contributed by atoms with Gasteiger partial charge in [0.15, 0.2) is 0 Å². The number of halogens is 1. The summed E-state index contributed by atoms with van der Waals surface area (Å²) in [6.07, 6.45) is 2.47. The van der Waals surface area contributed by atoms with Crippen LogP contribution in [0.25, 0.3) is 0 Å². The number of benzene rings is 1. The van der Waals surface area contributed by atoms with Gasteiger partial charge in [0.05, 0.1) is 19.1 Å². The van der Waals surface area contributed by atoms with E-state index in [9.17, 15) is 13.2 Å². The first-order chi connectivity index (χ1) is 10.7. The van der Waals surface area contributed by atoms with Crippen LogP contribution in [0.2, 0.25) is 5.02 Å². The third kappa shape index (κ3) is 5.30. The average molecular weight is 358 g/mol. The van der Waals surface area contributed by atoms with E-state index in [1.165, 1.54) is 30.2 Å². The van der Waals surface area contributed by atoms with Crippen LogP contribution in [0.4, 0.5) is 0 Å². The van der Waals surface area contributed by atoms with Gasteiger partial charge < -0.3 is 13.5 Å². The highest BCUT2D eigenvalue weighted by atomic mass is 35.5. The molecule has 0 fully saturated rings. The zero-order valence-electron chi connectivity index (χ0n) is 12.7. The highest BCUT2D eigenvalue weighted by Gasteiger charge is 2.17. The van der Waals surface area contributed by atoms with E-state index in [0.717, 1.165) is 6.26 Å². The van der Waals surface area contributed by atoms with Crippen LogP contribution >= 0.6 is 11.6 Å². The Morgan fingerprint density at radius 1 is 1.30 bits per heavy atom. The minimum Gasteiger partial charge on any atom is -0.467 e. The molecule has 0 N–H and O–H groups in total. The van der Waals surface area contributed by atoms with Crippen molar-refractivity contribution in [2.45, 2.75) is 20.0 Å². The molecule has 0 saturated carbocycles. The van der Waals surface area contributed by atoms with Crippen molar-refractivity contribution >= 4 is 27.6 Å². The summed E-state index contributed by atoms with van der Waals surface area (Å²) in [6.45, 7) is 1.82. The molecule has 2 rings (SSSR count). The molecule has 0 aliphatic carbocycles. The van der Waals surface area contributed by atoms with E-state index in [0.29, 0.717) is 16.3 Å². The summed E-state index contributed by atoms with van der Waals surface area (Å²) >= 11 is 5.97. The van der Waals surface area contributed by atoms with Crippen molar-refractivity contribution in [1.82, 2.24) is 4.90 Å². The second-order valence-electron chi connectivity index (χ2n) is 4.99. The molecule has 23 heavy (non-hydrogen) atoms. The van der Waals surface area contributed by atoms with Crippen LogP contribution in [0.15, 0.2) is 41.0 Å². The van der Waals surface area contributed by atoms with Gasteiger partial charge in [-0.3, -0.25) is 4.79 Å². The van der Waals surface area contributed by atoms with Crippen molar-refractivity contribution in [3.8, 4) is 5.75 Å². The van der Waals surface area contributed by atoms with Gasteiger partial charge in [0.1, 0.15) is 11.5 Å². The molecule has 0 bridgehead atoms. The zero-order chi connectivity index (χ0) is 17.0. The van der Waals surface area contributed by atoms with Crippen LogP contribution in [0, 0.1) is 0 Å². The molecule has 1 amide bonds. The summed E-state index contributed by atoms with van der Waals surface area (Å²) < 4.78 is 32.9. The van der Waals surface area contributed by atoms with Crippen LogP contribution in [-0.2, 0) is 28.0 Å². The standard InChI is InChI=1S/C15H16ClNO5S/c1-11(18)17(10-14-4-3-7-21-14)9-12-8-13(16)5-6-15(12)22-23(2,19)20/h3-8H,9-10H2,1-2H3. The highest BCUT2D eigenvalue weighted by molar-refractivity contribution is 7.86. The van der Waals surface area contributed by atoms with E-state index in [4.69, 9.17) is 20.2 Å².